The van der Waals surface area contributed by atoms with Gasteiger partial charge in [-0.3, -0.25) is 14.2 Å². The van der Waals surface area contributed by atoms with E-state index in [9.17, 15) is 9.59 Å². The van der Waals surface area contributed by atoms with E-state index < -0.39 is 0 Å². The number of ether oxygens (including phenoxy) is 1. The number of nitrogens with zero attached hydrogens (tertiary/aromatic N) is 2. The molecule has 1 N–H and O–H groups in total. The van der Waals surface area contributed by atoms with Gasteiger partial charge in [0.2, 0.25) is 5.91 Å². The van der Waals surface area contributed by atoms with Crippen LogP contribution >= 0.6 is 23.5 Å². The lowest BCUT2D eigenvalue weighted by Gasteiger charge is -2.13. The van der Waals surface area contributed by atoms with Crippen molar-refractivity contribution in [3.05, 3.63) is 16.0 Å². The molecular weight excluding hydrogens is 346 g/mol. The Morgan fingerprint density at radius 2 is 2.38 bits per heavy atom. The zero-order valence-corrected chi connectivity index (χ0v) is 15.7. The molecule has 0 aromatic carbocycles. The summed E-state index contributed by atoms with van der Waals surface area (Å²) in [5, 5.41) is 3.93. The molecule has 0 saturated carbocycles. The van der Waals surface area contributed by atoms with Crippen molar-refractivity contribution in [1.29, 1.82) is 0 Å². The molecule has 2 aliphatic heterocycles. The Labute approximate surface area is 150 Å². The summed E-state index contributed by atoms with van der Waals surface area (Å²) in [5.41, 5.74) is 0.906. The predicted molar refractivity (Wildman–Crippen MR) is 95.9 cm³/mol. The number of hydrogen-bond acceptors (Lipinski definition) is 6. The average Bonchev–Trinajstić information content (AvgIpc) is 3.20. The molecular formula is C16H23N3O3S2. The zero-order chi connectivity index (χ0) is 17.1. The molecule has 1 aromatic rings. The molecule has 0 aliphatic carbocycles. The number of nitrogens with one attached hydrogen (secondary N) is 1. The van der Waals surface area contributed by atoms with Crippen molar-refractivity contribution in [2.24, 2.45) is 0 Å². The van der Waals surface area contributed by atoms with Crippen molar-refractivity contribution >= 4 is 29.4 Å². The summed E-state index contributed by atoms with van der Waals surface area (Å²) in [4.78, 5) is 30.0. The third kappa shape index (κ3) is 3.97. The number of carbonyl (C=O) groups is 1. The second-order valence-corrected chi connectivity index (χ2v) is 8.47. The zero-order valence-electron chi connectivity index (χ0n) is 14.0. The van der Waals surface area contributed by atoms with E-state index in [2.05, 4.69) is 17.2 Å². The highest BCUT2D eigenvalue weighted by atomic mass is 32.2. The van der Waals surface area contributed by atoms with Crippen LogP contribution in [0.1, 0.15) is 32.4 Å². The normalized spacial score (nSPS) is 22.6. The molecule has 0 radical (unpaired) electrons. The number of amides is 1. The number of hydrogen-bond donors (Lipinski definition) is 1. The quantitative estimate of drug-likeness (QED) is 0.608. The topological polar surface area (TPSA) is 73.2 Å². The molecule has 1 amide bonds. The highest BCUT2D eigenvalue weighted by Gasteiger charge is 2.26. The number of thioether (sulfide) groups is 2. The molecule has 3 heterocycles. The third-order valence-corrected chi connectivity index (χ3v) is 6.35. The minimum absolute atomic E-state index is 0.0270. The first-order valence-electron chi connectivity index (χ1n) is 8.40. The smallest absolute Gasteiger partial charge is 0.268 e. The van der Waals surface area contributed by atoms with Crippen LogP contribution in [-0.4, -0.2) is 45.7 Å². The summed E-state index contributed by atoms with van der Waals surface area (Å²) >= 11 is 2.94. The lowest BCUT2D eigenvalue weighted by atomic mass is 10.2. The molecule has 1 fully saturated rings. The van der Waals surface area contributed by atoms with Crippen LogP contribution in [0.25, 0.3) is 0 Å². The van der Waals surface area contributed by atoms with Crippen molar-refractivity contribution < 1.29 is 9.53 Å². The van der Waals surface area contributed by atoms with Crippen molar-refractivity contribution in [2.75, 3.05) is 18.9 Å². The minimum Gasteiger partial charge on any atom is -0.376 e. The van der Waals surface area contributed by atoms with Gasteiger partial charge in [-0.1, -0.05) is 18.7 Å². The van der Waals surface area contributed by atoms with Crippen LogP contribution < -0.4 is 10.9 Å². The first-order chi connectivity index (χ1) is 11.6. The van der Waals surface area contributed by atoms with E-state index in [4.69, 9.17) is 4.74 Å². The number of carbonyl (C=O) groups excluding carboxylic acids is 1. The summed E-state index contributed by atoms with van der Waals surface area (Å²) in [6.07, 6.45) is 3.03. The Morgan fingerprint density at radius 3 is 3.08 bits per heavy atom. The van der Waals surface area contributed by atoms with E-state index in [1.54, 1.807) is 16.3 Å². The van der Waals surface area contributed by atoms with Gasteiger partial charge in [-0.15, -0.1) is 11.8 Å². The maximum atomic E-state index is 12.6. The third-order valence-electron chi connectivity index (χ3n) is 4.16. The van der Waals surface area contributed by atoms with E-state index in [1.807, 2.05) is 6.92 Å². The van der Waals surface area contributed by atoms with Gasteiger partial charge in [0, 0.05) is 31.4 Å². The average molecular weight is 370 g/mol. The summed E-state index contributed by atoms with van der Waals surface area (Å²) in [6.45, 7) is 5.95. The molecule has 24 heavy (non-hydrogen) atoms. The maximum absolute atomic E-state index is 12.6. The molecule has 1 saturated heterocycles. The number of aromatic nitrogens is 2. The van der Waals surface area contributed by atoms with Crippen LogP contribution in [0.5, 0.6) is 0 Å². The fraction of sp³-hybridized carbons (Fsp3) is 0.688. The maximum Gasteiger partial charge on any atom is 0.268 e. The van der Waals surface area contributed by atoms with Gasteiger partial charge in [-0.2, -0.15) is 0 Å². The van der Waals surface area contributed by atoms with Crippen LogP contribution in [0.4, 0.5) is 0 Å². The highest BCUT2D eigenvalue weighted by Crippen LogP contribution is 2.34. The monoisotopic (exact) mass is 369 g/mol. The minimum atomic E-state index is -0.0457. The molecule has 2 aliphatic rings. The van der Waals surface area contributed by atoms with E-state index >= 15 is 0 Å². The van der Waals surface area contributed by atoms with Gasteiger partial charge in [-0.25, -0.2) is 4.98 Å². The van der Waals surface area contributed by atoms with Gasteiger partial charge in [-0.05, 0) is 19.8 Å². The van der Waals surface area contributed by atoms with Gasteiger partial charge in [0.1, 0.15) is 0 Å². The lowest BCUT2D eigenvalue weighted by Crippen LogP contribution is -2.33. The van der Waals surface area contributed by atoms with Crippen molar-refractivity contribution in [3.63, 3.8) is 0 Å². The van der Waals surface area contributed by atoms with Crippen LogP contribution in [0.2, 0.25) is 0 Å². The molecule has 6 nitrogen and oxygen atoms in total. The van der Waals surface area contributed by atoms with E-state index in [1.165, 1.54) is 11.8 Å². The van der Waals surface area contributed by atoms with Crippen molar-refractivity contribution in [2.45, 2.75) is 61.1 Å². The first-order valence-corrected chi connectivity index (χ1v) is 10.3. The van der Waals surface area contributed by atoms with Gasteiger partial charge < -0.3 is 10.1 Å². The van der Waals surface area contributed by atoms with Gasteiger partial charge >= 0.3 is 0 Å². The van der Waals surface area contributed by atoms with E-state index in [0.29, 0.717) is 23.5 Å². The fourth-order valence-corrected chi connectivity index (χ4v) is 4.96. The molecule has 2 atom stereocenters. The Morgan fingerprint density at radius 1 is 1.54 bits per heavy atom. The Balaban J connectivity index is 1.62. The molecule has 0 bridgehead atoms. The second-order valence-electron chi connectivity index (χ2n) is 6.08. The van der Waals surface area contributed by atoms with Crippen molar-refractivity contribution in [1.82, 2.24) is 14.9 Å². The molecule has 0 unspecified atom stereocenters. The summed E-state index contributed by atoms with van der Waals surface area (Å²) in [6, 6.07) is 0. The van der Waals surface area contributed by atoms with Crippen LogP contribution in [0.15, 0.2) is 14.8 Å². The van der Waals surface area contributed by atoms with Crippen LogP contribution in [0, 0.1) is 0 Å². The molecule has 1 aromatic heterocycles. The number of rotatable bonds is 6. The molecule has 3 rings (SSSR count). The second kappa shape index (κ2) is 7.93. The van der Waals surface area contributed by atoms with Gasteiger partial charge in [0.25, 0.3) is 5.56 Å². The molecule has 0 spiro atoms. The van der Waals surface area contributed by atoms with Crippen LogP contribution in [-0.2, 0) is 22.5 Å². The SMILES string of the molecule is CCn1c(SCC(=O)NC[C@H]2CCCO2)nc2c(c1=O)S[C@H](C)C2. The van der Waals surface area contributed by atoms with Crippen LogP contribution in [0.3, 0.4) is 0 Å². The largest absolute Gasteiger partial charge is 0.376 e. The van der Waals surface area contributed by atoms with Gasteiger partial charge in [0.05, 0.1) is 22.4 Å². The molecule has 132 valence electrons. The summed E-state index contributed by atoms with van der Waals surface area (Å²) in [5.74, 6) is 0.219. The standard InChI is InChI=1S/C16H23N3O3S2/c1-3-19-15(21)14-12(7-10(2)24-14)18-16(19)23-9-13(20)17-8-11-5-4-6-22-11/h10-11H,3-9H2,1-2H3,(H,17,20)/t10-,11-/m1/s1. The molecule has 8 heteroatoms. The predicted octanol–water partition coefficient (Wildman–Crippen LogP) is 1.69. The number of fused-ring (bicyclic) bond motifs is 1. The lowest BCUT2D eigenvalue weighted by molar-refractivity contribution is -0.119. The Hall–Kier alpha value is -0.990. The first kappa shape index (κ1) is 17.8. The Kier molecular flexibility index (Phi) is 5.89. The summed E-state index contributed by atoms with van der Waals surface area (Å²) in [7, 11) is 0. The Bertz CT molecular complexity index is 671. The highest BCUT2D eigenvalue weighted by molar-refractivity contribution is 8.00. The van der Waals surface area contributed by atoms with Crippen molar-refractivity contribution in [3.8, 4) is 0 Å². The van der Waals surface area contributed by atoms with E-state index in [0.717, 1.165) is 36.5 Å². The van der Waals surface area contributed by atoms with E-state index in [-0.39, 0.29) is 23.3 Å². The summed E-state index contributed by atoms with van der Waals surface area (Å²) < 4.78 is 7.17. The fourth-order valence-electron chi connectivity index (χ4n) is 2.93. The van der Waals surface area contributed by atoms with Gasteiger partial charge in [0.15, 0.2) is 5.16 Å².